The van der Waals surface area contributed by atoms with Gasteiger partial charge in [0.25, 0.3) is 0 Å². The van der Waals surface area contributed by atoms with Gasteiger partial charge >= 0.3 is 0 Å². The molecule has 0 bridgehead atoms. The van der Waals surface area contributed by atoms with E-state index in [1.165, 1.54) is 32.3 Å². The van der Waals surface area contributed by atoms with Crippen LogP contribution in [0, 0.1) is 0 Å². The van der Waals surface area contributed by atoms with Gasteiger partial charge in [0.2, 0.25) is 0 Å². The number of fused-ring (bicyclic) bond motifs is 8. The van der Waals surface area contributed by atoms with Gasteiger partial charge in [0.15, 0.2) is 0 Å². The maximum Gasteiger partial charge on any atom is 0.140 e. The summed E-state index contributed by atoms with van der Waals surface area (Å²) in [6, 6.07) is 67.5. The topological polar surface area (TPSA) is 32.6 Å². The summed E-state index contributed by atoms with van der Waals surface area (Å²) >= 11 is 0. The van der Waals surface area contributed by atoms with Gasteiger partial charge in [0.05, 0.1) is 44.5 Å². The summed E-state index contributed by atoms with van der Waals surface area (Å²) in [7, 11) is 0. The number of para-hydroxylation sites is 4. The van der Waals surface area contributed by atoms with E-state index in [1.54, 1.807) is 0 Å². The van der Waals surface area contributed by atoms with E-state index in [4.69, 9.17) is 4.98 Å². The van der Waals surface area contributed by atoms with Crippen molar-refractivity contribution in [3.63, 3.8) is 0 Å². The third kappa shape index (κ3) is 4.58. The lowest BCUT2D eigenvalue weighted by molar-refractivity contribution is 1.06. The normalized spacial score (nSPS) is 11.9. The molecule has 0 saturated carbocycles. The molecule has 0 spiro atoms. The van der Waals surface area contributed by atoms with Crippen LogP contribution < -0.4 is 0 Å². The van der Waals surface area contributed by atoms with E-state index in [-0.39, 0.29) is 0 Å². The average molecular weight is 716 g/mol. The van der Waals surface area contributed by atoms with Gasteiger partial charge in [0.1, 0.15) is 5.82 Å². The number of hydrogen-bond donors (Lipinski definition) is 0. The van der Waals surface area contributed by atoms with Crippen LogP contribution in [0.5, 0.6) is 0 Å². The number of benzene rings is 7. The Kier molecular flexibility index (Phi) is 6.56. The third-order valence-corrected chi connectivity index (χ3v) is 11.4. The molecule has 12 aromatic rings. The Labute approximate surface area is 322 Å². The first-order chi connectivity index (χ1) is 27.8. The fraction of sp³-hybridized carbons (Fsp3) is 0. The molecule has 0 saturated heterocycles. The molecule has 7 aromatic carbocycles. The third-order valence-electron chi connectivity index (χ3n) is 11.4. The lowest BCUT2D eigenvalue weighted by Gasteiger charge is -2.15. The van der Waals surface area contributed by atoms with Crippen molar-refractivity contribution in [1.29, 1.82) is 0 Å². The maximum absolute atomic E-state index is 5.50. The first-order valence-corrected chi connectivity index (χ1v) is 19.0. The second kappa shape index (κ2) is 11.9. The number of nitrogens with zero attached hydrogens (tertiary/aromatic N) is 5. The molecule has 0 aliphatic heterocycles. The molecule has 262 valence electrons. The van der Waals surface area contributed by atoms with Gasteiger partial charge in [-0.15, -0.1) is 0 Å². The molecule has 5 aromatic heterocycles. The SMILES string of the molecule is c1ccc(-c2cc(-n3c4ccccc4c4cc5ccn(-c6ccccc6)c5cc43)cc(-n3c4ccccc4c4cc5ccn(-c6ccccc6)c5cc43)n2)cc1. The van der Waals surface area contributed by atoms with Crippen molar-refractivity contribution in [3.8, 4) is 34.1 Å². The number of rotatable bonds is 5. The van der Waals surface area contributed by atoms with Crippen LogP contribution in [-0.2, 0) is 0 Å². The lowest BCUT2D eigenvalue weighted by Crippen LogP contribution is -2.03. The van der Waals surface area contributed by atoms with Gasteiger partial charge < -0.3 is 13.7 Å². The van der Waals surface area contributed by atoms with Gasteiger partial charge in [-0.3, -0.25) is 4.57 Å². The molecule has 0 radical (unpaired) electrons. The summed E-state index contributed by atoms with van der Waals surface area (Å²) in [5, 5.41) is 7.26. The molecule has 5 heteroatoms. The molecule has 12 rings (SSSR count). The highest BCUT2D eigenvalue weighted by molar-refractivity contribution is 6.15. The minimum Gasteiger partial charge on any atom is -0.316 e. The predicted octanol–water partition coefficient (Wildman–Crippen LogP) is 12.8. The zero-order valence-corrected chi connectivity index (χ0v) is 30.3. The highest BCUT2D eigenvalue weighted by Gasteiger charge is 2.20. The Morgan fingerprint density at radius 2 is 0.804 bits per heavy atom. The minimum atomic E-state index is 0.865. The van der Waals surface area contributed by atoms with Gasteiger partial charge in [-0.1, -0.05) is 103 Å². The molecule has 0 N–H and O–H groups in total. The molecule has 0 aliphatic carbocycles. The van der Waals surface area contributed by atoms with Gasteiger partial charge in [-0.25, -0.2) is 4.98 Å². The van der Waals surface area contributed by atoms with E-state index in [2.05, 4.69) is 219 Å². The van der Waals surface area contributed by atoms with Crippen molar-refractivity contribution >= 4 is 65.4 Å². The van der Waals surface area contributed by atoms with Gasteiger partial charge in [0, 0.05) is 67.7 Å². The van der Waals surface area contributed by atoms with Gasteiger partial charge in [-0.2, -0.15) is 0 Å². The first kappa shape index (κ1) is 30.8. The lowest BCUT2D eigenvalue weighted by atomic mass is 10.1. The van der Waals surface area contributed by atoms with E-state index >= 15 is 0 Å². The molecule has 56 heavy (non-hydrogen) atoms. The fourth-order valence-corrected chi connectivity index (χ4v) is 8.85. The van der Waals surface area contributed by atoms with Crippen LogP contribution in [0.25, 0.3) is 99.6 Å². The smallest absolute Gasteiger partial charge is 0.140 e. The molecule has 0 aliphatic rings. The maximum atomic E-state index is 5.50. The van der Waals surface area contributed by atoms with Crippen molar-refractivity contribution in [1.82, 2.24) is 23.3 Å². The fourth-order valence-electron chi connectivity index (χ4n) is 8.85. The van der Waals surface area contributed by atoms with Crippen LogP contribution in [0.4, 0.5) is 0 Å². The predicted molar refractivity (Wildman–Crippen MR) is 232 cm³/mol. The Hall–Kier alpha value is -7.63. The molecular weight excluding hydrogens is 683 g/mol. The monoisotopic (exact) mass is 715 g/mol. The van der Waals surface area contributed by atoms with Crippen LogP contribution in [-0.4, -0.2) is 23.3 Å². The first-order valence-electron chi connectivity index (χ1n) is 19.0. The molecule has 5 heterocycles. The number of hydrogen-bond acceptors (Lipinski definition) is 1. The van der Waals surface area contributed by atoms with Crippen LogP contribution >= 0.6 is 0 Å². The van der Waals surface area contributed by atoms with Crippen LogP contribution in [0.2, 0.25) is 0 Å². The number of pyridine rings is 1. The van der Waals surface area contributed by atoms with E-state index in [0.717, 1.165) is 67.2 Å². The van der Waals surface area contributed by atoms with Gasteiger partial charge in [-0.05, 0) is 78.9 Å². The highest BCUT2D eigenvalue weighted by atomic mass is 15.1. The summed E-state index contributed by atoms with van der Waals surface area (Å²) in [6.07, 6.45) is 4.35. The van der Waals surface area contributed by atoms with Crippen molar-refractivity contribution < 1.29 is 0 Å². The zero-order valence-electron chi connectivity index (χ0n) is 30.3. The zero-order chi connectivity index (χ0) is 36.7. The van der Waals surface area contributed by atoms with Crippen molar-refractivity contribution in [2.24, 2.45) is 0 Å². The Bertz CT molecular complexity index is 3250. The van der Waals surface area contributed by atoms with E-state index in [1.807, 2.05) is 0 Å². The van der Waals surface area contributed by atoms with Crippen LogP contribution in [0.3, 0.4) is 0 Å². The second-order valence-electron chi connectivity index (χ2n) is 14.5. The van der Waals surface area contributed by atoms with Crippen LogP contribution in [0.1, 0.15) is 0 Å². The van der Waals surface area contributed by atoms with Crippen LogP contribution in [0.15, 0.2) is 200 Å². The largest absolute Gasteiger partial charge is 0.316 e. The minimum absolute atomic E-state index is 0.865. The molecular formula is C51H33N5. The summed E-state index contributed by atoms with van der Waals surface area (Å²) in [5.41, 5.74) is 12.2. The average Bonchev–Trinajstić information content (AvgIpc) is 4.03. The summed E-state index contributed by atoms with van der Waals surface area (Å²) in [4.78, 5) is 5.50. The summed E-state index contributed by atoms with van der Waals surface area (Å²) in [6.45, 7) is 0. The Morgan fingerprint density at radius 3 is 1.38 bits per heavy atom. The molecule has 0 fully saturated rings. The highest BCUT2D eigenvalue weighted by Crippen LogP contribution is 2.39. The molecule has 5 nitrogen and oxygen atoms in total. The molecule has 0 amide bonds. The quantitative estimate of drug-likeness (QED) is 0.175. The van der Waals surface area contributed by atoms with E-state index in [0.29, 0.717) is 0 Å². The van der Waals surface area contributed by atoms with E-state index in [9.17, 15) is 0 Å². The molecule has 0 unspecified atom stereocenters. The second-order valence-corrected chi connectivity index (χ2v) is 14.5. The van der Waals surface area contributed by atoms with Crippen molar-refractivity contribution in [3.05, 3.63) is 200 Å². The number of aromatic nitrogens is 5. The van der Waals surface area contributed by atoms with E-state index < -0.39 is 0 Å². The Morgan fingerprint density at radius 1 is 0.321 bits per heavy atom. The summed E-state index contributed by atoms with van der Waals surface area (Å²) < 4.78 is 9.35. The van der Waals surface area contributed by atoms with Crippen molar-refractivity contribution in [2.75, 3.05) is 0 Å². The summed E-state index contributed by atoms with van der Waals surface area (Å²) in [5.74, 6) is 0.865. The van der Waals surface area contributed by atoms with Crippen molar-refractivity contribution in [2.45, 2.75) is 0 Å². The Balaban J connectivity index is 1.17. The molecule has 0 atom stereocenters. The standard InChI is InChI=1S/C51H33N5/c1-4-14-34(15-5-1)44-30-39(55-45-22-12-10-20-40(45)42-28-35-24-26-53(47(35)32-49(42)55)37-16-6-2-7-17-37)31-51(52-44)56-46-23-13-11-21-41(46)43-29-36-25-27-54(48(36)33-50(43)56)38-18-8-3-9-19-38/h1-33H.